The van der Waals surface area contributed by atoms with Crippen LogP contribution in [-0.2, 0) is 65.4 Å². The highest BCUT2D eigenvalue weighted by atomic mass is 31.2. The van der Waals surface area contributed by atoms with E-state index < -0.39 is 97.5 Å². The normalized spacial score (nSPS) is 13.9. The first-order valence-corrected chi connectivity index (χ1v) is 42.3. The molecule has 0 aromatic rings. The average Bonchev–Trinajstić information content (AvgIpc) is 1.21. The Labute approximate surface area is 575 Å². The molecule has 0 aliphatic heterocycles. The molecule has 3 N–H and O–H groups in total. The van der Waals surface area contributed by atoms with Crippen molar-refractivity contribution in [3.63, 3.8) is 0 Å². The Morgan fingerprint density at radius 2 is 0.426 bits per heavy atom. The lowest BCUT2D eigenvalue weighted by Crippen LogP contribution is -2.30. The van der Waals surface area contributed by atoms with Gasteiger partial charge in [-0.2, -0.15) is 0 Å². The van der Waals surface area contributed by atoms with Gasteiger partial charge >= 0.3 is 39.5 Å². The van der Waals surface area contributed by atoms with Crippen molar-refractivity contribution in [3.05, 3.63) is 0 Å². The minimum atomic E-state index is -4.95. The van der Waals surface area contributed by atoms with Crippen molar-refractivity contribution >= 4 is 39.5 Å². The summed E-state index contributed by atoms with van der Waals surface area (Å²) in [4.78, 5) is 72.8. The van der Waals surface area contributed by atoms with Crippen LogP contribution in [0.1, 0.15) is 400 Å². The van der Waals surface area contributed by atoms with Gasteiger partial charge in [-0.25, -0.2) is 9.13 Å². The van der Waals surface area contributed by atoms with Gasteiger partial charge in [-0.15, -0.1) is 0 Å². The molecule has 94 heavy (non-hydrogen) atoms. The van der Waals surface area contributed by atoms with Crippen molar-refractivity contribution in [1.82, 2.24) is 0 Å². The molecule has 0 heterocycles. The second-order valence-electron chi connectivity index (χ2n) is 27.0. The lowest BCUT2D eigenvalue weighted by atomic mass is 10.0. The van der Waals surface area contributed by atoms with Crippen LogP contribution >= 0.6 is 15.6 Å². The fourth-order valence-corrected chi connectivity index (χ4v) is 13.2. The van der Waals surface area contributed by atoms with Gasteiger partial charge in [0.15, 0.2) is 12.2 Å². The van der Waals surface area contributed by atoms with E-state index in [0.29, 0.717) is 25.7 Å². The van der Waals surface area contributed by atoms with Crippen molar-refractivity contribution < 1.29 is 80.2 Å². The first kappa shape index (κ1) is 92.1. The number of unbranched alkanes of at least 4 members (excludes halogenated alkanes) is 50. The van der Waals surface area contributed by atoms with E-state index in [2.05, 4.69) is 27.7 Å². The van der Waals surface area contributed by atoms with Gasteiger partial charge < -0.3 is 33.8 Å². The molecule has 0 aromatic carbocycles. The third-order valence-corrected chi connectivity index (χ3v) is 19.5. The molecule has 0 amide bonds. The van der Waals surface area contributed by atoms with E-state index in [9.17, 15) is 43.2 Å². The number of rotatable bonds is 76. The molecule has 0 fully saturated rings. The topological polar surface area (TPSA) is 237 Å². The Morgan fingerprint density at radius 1 is 0.255 bits per heavy atom. The summed E-state index contributed by atoms with van der Waals surface area (Å²) in [6.45, 7) is 5.00. The van der Waals surface area contributed by atoms with Gasteiger partial charge in [-0.1, -0.05) is 349 Å². The van der Waals surface area contributed by atoms with Crippen LogP contribution in [0.15, 0.2) is 0 Å². The number of ether oxygens (including phenoxy) is 4. The predicted octanol–water partition coefficient (Wildman–Crippen LogP) is 22.2. The molecule has 0 aliphatic rings. The van der Waals surface area contributed by atoms with Gasteiger partial charge in [0.1, 0.15) is 19.3 Å². The van der Waals surface area contributed by atoms with Gasteiger partial charge in [-0.3, -0.25) is 37.3 Å². The van der Waals surface area contributed by atoms with Crippen LogP contribution in [0.3, 0.4) is 0 Å². The second-order valence-corrected chi connectivity index (χ2v) is 29.9. The first-order chi connectivity index (χ1) is 45.7. The van der Waals surface area contributed by atoms with Crippen LogP contribution in [-0.4, -0.2) is 96.7 Å². The molecule has 5 atom stereocenters. The number of phosphoric acid groups is 2. The third kappa shape index (κ3) is 68.6. The van der Waals surface area contributed by atoms with Crippen molar-refractivity contribution in [3.8, 4) is 0 Å². The number of aliphatic hydroxyl groups excluding tert-OH is 1. The number of phosphoric ester groups is 2. The molecule has 0 saturated carbocycles. The first-order valence-electron chi connectivity index (χ1n) is 39.3. The molecular weight excluding hydrogens is 1230 g/mol. The van der Waals surface area contributed by atoms with Crippen LogP contribution in [0.4, 0.5) is 0 Å². The fourth-order valence-electron chi connectivity index (χ4n) is 11.6. The van der Waals surface area contributed by atoms with E-state index in [1.807, 2.05) is 0 Å². The van der Waals surface area contributed by atoms with Crippen LogP contribution in [0.5, 0.6) is 0 Å². The van der Waals surface area contributed by atoms with E-state index in [1.54, 1.807) is 0 Å². The minimum absolute atomic E-state index is 0.109. The summed E-state index contributed by atoms with van der Waals surface area (Å²) in [5.74, 6) is -2.11. The zero-order valence-electron chi connectivity index (χ0n) is 60.9. The van der Waals surface area contributed by atoms with Gasteiger partial charge in [0.2, 0.25) is 0 Å². The fraction of sp³-hybridized carbons (Fsp3) is 0.947. The van der Waals surface area contributed by atoms with Crippen molar-refractivity contribution in [1.29, 1.82) is 0 Å². The molecule has 2 unspecified atom stereocenters. The van der Waals surface area contributed by atoms with Gasteiger partial charge in [-0.05, 0) is 25.7 Å². The van der Waals surface area contributed by atoms with Gasteiger partial charge in [0.05, 0.1) is 26.4 Å². The lowest BCUT2D eigenvalue weighted by Gasteiger charge is -2.21. The quantitative estimate of drug-likeness (QED) is 0.0222. The molecule has 17 nitrogen and oxygen atoms in total. The van der Waals surface area contributed by atoms with E-state index in [0.717, 1.165) is 89.9 Å². The molecule has 0 saturated heterocycles. The molecule has 19 heteroatoms. The zero-order chi connectivity index (χ0) is 69.0. The van der Waals surface area contributed by atoms with E-state index in [4.69, 9.17) is 37.0 Å². The number of carbonyl (C=O) groups excluding carboxylic acids is 4. The summed E-state index contributed by atoms with van der Waals surface area (Å²) < 4.78 is 68.5. The lowest BCUT2D eigenvalue weighted by molar-refractivity contribution is -0.161. The summed E-state index contributed by atoms with van der Waals surface area (Å²) in [5.41, 5.74) is 0. The molecule has 0 spiro atoms. The highest BCUT2D eigenvalue weighted by Crippen LogP contribution is 2.45. The Kier molecular flexibility index (Phi) is 68.1. The highest BCUT2D eigenvalue weighted by molar-refractivity contribution is 7.47. The summed E-state index contributed by atoms with van der Waals surface area (Å²) in [7, 11) is -9.91. The maximum atomic E-state index is 13.1. The summed E-state index contributed by atoms with van der Waals surface area (Å²) >= 11 is 0. The molecule has 558 valence electrons. The zero-order valence-corrected chi connectivity index (χ0v) is 62.7. The molecule has 0 radical (unpaired) electrons. The van der Waals surface area contributed by atoms with Crippen LogP contribution < -0.4 is 0 Å². The molecule has 0 rings (SSSR count). The van der Waals surface area contributed by atoms with Gasteiger partial charge in [0, 0.05) is 25.7 Å². The molecule has 0 bridgehead atoms. The molecule has 0 aliphatic carbocycles. The number of aliphatic hydroxyl groups is 1. The van der Waals surface area contributed by atoms with Gasteiger partial charge in [0.25, 0.3) is 0 Å². The largest absolute Gasteiger partial charge is 0.472 e. The standard InChI is InChI=1S/C75H146O17P2/c1-5-9-13-17-21-25-29-33-37-40-44-48-52-56-60-73(78)86-66-71(92-75(80)62-58-54-50-46-42-38-34-30-26-22-18-14-10-6-2)68-90-94(83,84)88-64-69(76)63-87-93(81,82)89-67-70(91-74(79)61-57-53-49-45-41-36-32-28-24-20-16-12-8-4)65-85-72(77)59-55-51-47-43-39-35-31-27-23-19-15-11-7-3/h69-71,76H,5-68H2,1-4H3,(H,81,82)(H,83,84)/t69-,70+,71+/m0/s1. The van der Waals surface area contributed by atoms with Crippen molar-refractivity contribution in [2.24, 2.45) is 0 Å². The van der Waals surface area contributed by atoms with Crippen LogP contribution in [0, 0.1) is 0 Å². The average molecular weight is 1380 g/mol. The van der Waals surface area contributed by atoms with E-state index in [1.165, 1.54) is 231 Å². The van der Waals surface area contributed by atoms with Crippen molar-refractivity contribution in [2.45, 2.75) is 418 Å². The molecule has 0 aromatic heterocycles. The molecular formula is C75H146O17P2. The van der Waals surface area contributed by atoms with E-state index in [-0.39, 0.29) is 25.7 Å². The Hall–Kier alpha value is -1.94. The second kappa shape index (κ2) is 69.5. The summed E-state index contributed by atoms with van der Waals surface area (Å²) in [5, 5.41) is 10.6. The number of hydrogen-bond donors (Lipinski definition) is 3. The van der Waals surface area contributed by atoms with Crippen LogP contribution in [0.2, 0.25) is 0 Å². The van der Waals surface area contributed by atoms with E-state index >= 15 is 0 Å². The smallest absolute Gasteiger partial charge is 0.462 e. The van der Waals surface area contributed by atoms with Crippen molar-refractivity contribution in [2.75, 3.05) is 39.6 Å². The Morgan fingerprint density at radius 3 is 0.628 bits per heavy atom. The number of esters is 4. The highest BCUT2D eigenvalue weighted by Gasteiger charge is 2.30. The summed E-state index contributed by atoms with van der Waals surface area (Å²) in [6.07, 6.45) is 59.3. The van der Waals surface area contributed by atoms with Crippen LogP contribution in [0.25, 0.3) is 0 Å². The third-order valence-electron chi connectivity index (χ3n) is 17.6. The monoisotopic (exact) mass is 1380 g/mol. The Balaban J connectivity index is 5.26. The maximum absolute atomic E-state index is 13.1. The Bertz CT molecular complexity index is 1790. The number of carbonyl (C=O) groups is 4. The summed E-state index contributed by atoms with van der Waals surface area (Å²) in [6, 6.07) is 0. The maximum Gasteiger partial charge on any atom is 0.472 e. The number of hydrogen-bond acceptors (Lipinski definition) is 15. The minimum Gasteiger partial charge on any atom is -0.462 e. The predicted molar refractivity (Wildman–Crippen MR) is 382 cm³/mol. The SMILES string of the molecule is CCCCCCCCCCCCCCCCC(=O)OC[C@H](COP(=O)(O)OC[C@@H](O)COP(=O)(O)OC[C@@H](COC(=O)CCCCCCCCCCCCCCC)OC(=O)CCCCCCCCCCCCCCC)OC(=O)CCCCCCCCCCCCCCCC.